The van der Waals surface area contributed by atoms with Gasteiger partial charge in [-0.15, -0.1) is 0 Å². The zero-order valence-electron chi connectivity index (χ0n) is 27.6. The predicted octanol–water partition coefficient (Wildman–Crippen LogP) is 13.3. The van der Waals surface area contributed by atoms with Gasteiger partial charge in [-0.3, -0.25) is 0 Å². The fourth-order valence-electron chi connectivity index (χ4n) is 7.56. The van der Waals surface area contributed by atoms with Crippen LogP contribution in [0.15, 0.2) is 121 Å². The first-order valence-electron chi connectivity index (χ1n) is 17.4. The summed E-state index contributed by atoms with van der Waals surface area (Å²) in [6, 6.07) is 45.1. The molecule has 0 bridgehead atoms. The Labute approximate surface area is 272 Å². The molecule has 0 radical (unpaired) electrons. The Bertz CT molecular complexity index is 1610. The van der Waals surface area contributed by atoms with Gasteiger partial charge >= 0.3 is 0 Å². The molecule has 0 amide bonds. The fraction of sp³-hybridized carbons (Fsp3) is 0.318. The molecule has 0 atom stereocenters. The second-order valence-corrected chi connectivity index (χ2v) is 13.1. The monoisotopic (exact) mass is 591 g/mol. The van der Waals surface area contributed by atoms with E-state index >= 15 is 0 Å². The summed E-state index contributed by atoms with van der Waals surface area (Å²) >= 11 is 0. The summed E-state index contributed by atoms with van der Waals surface area (Å²) in [6.45, 7) is 6.91. The molecule has 5 aromatic rings. The van der Waals surface area contributed by atoms with Gasteiger partial charge in [0.2, 0.25) is 0 Å². The molecular formula is C44H49N. The summed E-state index contributed by atoms with van der Waals surface area (Å²) in [5.41, 5.74) is 13.6. The summed E-state index contributed by atoms with van der Waals surface area (Å²) in [5.74, 6) is 0. The van der Waals surface area contributed by atoms with E-state index in [0.717, 1.165) is 11.4 Å². The predicted molar refractivity (Wildman–Crippen MR) is 195 cm³/mol. The number of hydrogen-bond acceptors (Lipinski definition) is 1. The van der Waals surface area contributed by atoms with Gasteiger partial charge in [-0.25, -0.2) is 0 Å². The van der Waals surface area contributed by atoms with Crippen molar-refractivity contribution in [3.8, 4) is 22.3 Å². The van der Waals surface area contributed by atoms with Crippen LogP contribution in [0.3, 0.4) is 0 Å². The maximum atomic E-state index is 2.56. The maximum absolute atomic E-state index is 2.56. The van der Waals surface area contributed by atoms with Gasteiger partial charge in [0.05, 0.1) is 0 Å². The molecule has 1 aliphatic carbocycles. The summed E-state index contributed by atoms with van der Waals surface area (Å²) in [5, 5.41) is 0. The van der Waals surface area contributed by atoms with E-state index in [9.17, 15) is 0 Å². The highest BCUT2D eigenvalue weighted by Gasteiger charge is 2.42. The van der Waals surface area contributed by atoms with E-state index in [1.807, 2.05) is 0 Å². The van der Waals surface area contributed by atoms with Gasteiger partial charge in [-0.2, -0.15) is 0 Å². The lowest BCUT2D eigenvalue weighted by Gasteiger charge is -2.33. The highest BCUT2D eigenvalue weighted by Crippen LogP contribution is 2.55. The summed E-state index contributed by atoms with van der Waals surface area (Å²) in [7, 11) is 0. The lowest BCUT2D eigenvalue weighted by molar-refractivity contribution is 0.401. The maximum Gasteiger partial charge on any atom is 0.0462 e. The molecule has 0 aromatic heterocycles. The first-order chi connectivity index (χ1) is 22.1. The number of aryl methyl sites for hydroxylation is 1. The topological polar surface area (TPSA) is 3.24 Å². The molecule has 0 saturated carbocycles. The second-order valence-electron chi connectivity index (χ2n) is 13.1. The Morgan fingerprint density at radius 2 is 0.956 bits per heavy atom. The molecule has 0 unspecified atom stereocenters. The third-order valence-corrected chi connectivity index (χ3v) is 9.92. The Balaban J connectivity index is 1.39. The number of anilines is 3. The molecule has 45 heavy (non-hydrogen) atoms. The Kier molecular flexibility index (Phi) is 9.84. The molecule has 5 aromatic carbocycles. The zero-order chi connectivity index (χ0) is 31.1. The van der Waals surface area contributed by atoms with Crippen LogP contribution in [0.2, 0.25) is 0 Å². The van der Waals surface area contributed by atoms with Crippen molar-refractivity contribution in [1.82, 2.24) is 0 Å². The molecule has 6 rings (SSSR count). The fourth-order valence-corrected chi connectivity index (χ4v) is 7.56. The van der Waals surface area contributed by atoms with Crippen LogP contribution >= 0.6 is 0 Å². The van der Waals surface area contributed by atoms with Crippen molar-refractivity contribution in [2.24, 2.45) is 0 Å². The number of fused-ring (bicyclic) bond motifs is 3. The number of para-hydroxylation sites is 2. The molecule has 0 aliphatic heterocycles. The first-order valence-corrected chi connectivity index (χ1v) is 17.4. The van der Waals surface area contributed by atoms with Gasteiger partial charge in [0.1, 0.15) is 0 Å². The highest BCUT2D eigenvalue weighted by atomic mass is 15.1. The molecule has 230 valence electrons. The largest absolute Gasteiger partial charge is 0.311 e. The number of nitrogens with zero attached hydrogens (tertiary/aromatic N) is 1. The molecule has 1 heteroatoms. The molecule has 0 saturated heterocycles. The van der Waals surface area contributed by atoms with Crippen molar-refractivity contribution in [1.29, 1.82) is 0 Å². The zero-order valence-corrected chi connectivity index (χ0v) is 27.6. The van der Waals surface area contributed by atoms with E-state index in [2.05, 4.69) is 147 Å². The number of rotatable bonds is 14. The highest BCUT2D eigenvalue weighted by molar-refractivity contribution is 5.85. The van der Waals surface area contributed by atoms with Crippen LogP contribution in [-0.2, 0) is 5.41 Å². The van der Waals surface area contributed by atoms with Crippen LogP contribution in [0.5, 0.6) is 0 Å². The van der Waals surface area contributed by atoms with Crippen molar-refractivity contribution in [3.63, 3.8) is 0 Å². The quantitative estimate of drug-likeness (QED) is 0.116. The van der Waals surface area contributed by atoms with E-state index in [0.29, 0.717) is 0 Å². The van der Waals surface area contributed by atoms with E-state index in [1.165, 1.54) is 97.7 Å². The minimum absolute atomic E-state index is 0.103. The molecule has 1 aliphatic rings. The minimum Gasteiger partial charge on any atom is -0.311 e. The van der Waals surface area contributed by atoms with Gasteiger partial charge in [0, 0.05) is 22.5 Å². The molecule has 0 fully saturated rings. The van der Waals surface area contributed by atoms with Gasteiger partial charge in [-0.05, 0) is 95.6 Å². The van der Waals surface area contributed by atoms with Crippen LogP contribution in [0.4, 0.5) is 17.1 Å². The number of hydrogen-bond donors (Lipinski definition) is 0. The third-order valence-electron chi connectivity index (χ3n) is 9.92. The van der Waals surface area contributed by atoms with Gasteiger partial charge in [0.25, 0.3) is 0 Å². The molecule has 0 spiro atoms. The average Bonchev–Trinajstić information content (AvgIpc) is 3.34. The van der Waals surface area contributed by atoms with Crippen molar-refractivity contribution in [2.45, 2.75) is 90.4 Å². The number of benzene rings is 5. The molecular weight excluding hydrogens is 542 g/mol. The lowest BCUT2D eigenvalue weighted by atomic mass is 9.70. The lowest BCUT2D eigenvalue weighted by Crippen LogP contribution is -2.25. The Morgan fingerprint density at radius 1 is 0.467 bits per heavy atom. The molecule has 0 N–H and O–H groups in total. The van der Waals surface area contributed by atoms with Crippen molar-refractivity contribution < 1.29 is 0 Å². The SMILES string of the molecule is CCCCCCC1(CCCCCC)c2cc(C)ccc2-c2ccc(-c3ccc(N(c4ccccc4)c4ccccc4)cc3)cc21. The van der Waals surface area contributed by atoms with Crippen molar-refractivity contribution in [2.75, 3.05) is 4.90 Å². The summed E-state index contributed by atoms with van der Waals surface area (Å²) in [4.78, 5) is 2.34. The van der Waals surface area contributed by atoms with E-state index in [-0.39, 0.29) is 5.41 Å². The van der Waals surface area contributed by atoms with Crippen LogP contribution in [0.1, 0.15) is 94.7 Å². The smallest absolute Gasteiger partial charge is 0.0462 e. The van der Waals surface area contributed by atoms with E-state index < -0.39 is 0 Å². The molecule has 1 nitrogen and oxygen atoms in total. The normalized spacial score (nSPS) is 13.0. The first kappa shape index (κ1) is 30.9. The summed E-state index contributed by atoms with van der Waals surface area (Å²) < 4.78 is 0. The van der Waals surface area contributed by atoms with Crippen LogP contribution in [0.25, 0.3) is 22.3 Å². The summed E-state index contributed by atoms with van der Waals surface area (Å²) in [6.07, 6.45) is 12.9. The van der Waals surface area contributed by atoms with Crippen molar-refractivity contribution >= 4 is 17.1 Å². The van der Waals surface area contributed by atoms with Gasteiger partial charge < -0.3 is 4.90 Å². The Morgan fingerprint density at radius 3 is 1.51 bits per heavy atom. The third kappa shape index (κ3) is 6.50. The van der Waals surface area contributed by atoms with Gasteiger partial charge in [-0.1, -0.05) is 150 Å². The minimum atomic E-state index is 0.103. The van der Waals surface area contributed by atoms with Crippen LogP contribution in [-0.4, -0.2) is 0 Å². The molecule has 0 heterocycles. The van der Waals surface area contributed by atoms with Crippen LogP contribution < -0.4 is 4.90 Å². The average molecular weight is 592 g/mol. The second kappa shape index (κ2) is 14.3. The Hall–Kier alpha value is -4.10. The standard InChI is InChI=1S/C44H49N/c1-4-6-8-16-30-44(31-17-9-7-5-2)42-32-34(3)22-28-40(42)41-29-25-36(33-43(41)44)35-23-26-39(27-24-35)45(37-18-12-10-13-19-37)38-20-14-11-15-21-38/h10-15,18-29,32-33H,4-9,16-17,30-31H2,1-3H3. The van der Waals surface area contributed by atoms with Gasteiger partial charge in [0.15, 0.2) is 0 Å². The van der Waals surface area contributed by atoms with E-state index in [1.54, 1.807) is 11.1 Å². The van der Waals surface area contributed by atoms with Crippen LogP contribution in [0, 0.1) is 6.92 Å². The number of unbranched alkanes of at least 4 members (excludes halogenated alkanes) is 6. The van der Waals surface area contributed by atoms with Crippen molar-refractivity contribution in [3.05, 3.63) is 138 Å². The van der Waals surface area contributed by atoms with E-state index in [4.69, 9.17) is 0 Å².